The number of fused-ring (bicyclic) bond motifs is 4. The second-order valence-corrected chi connectivity index (χ2v) is 8.94. The fraction of sp³-hybridized carbons (Fsp3) is 0.458. The molecule has 2 aliphatic heterocycles. The van der Waals surface area contributed by atoms with E-state index in [0.29, 0.717) is 25.0 Å². The van der Waals surface area contributed by atoms with Crippen LogP contribution in [0.2, 0.25) is 0 Å². The van der Waals surface area contributed by atoms with Gasteiger partial charge in [0.2, 0.25) is 5.43 Å². The molecule has 1 saturated heterocycles. The van der Waals surface area contributed by atoms with Crippen molar-refractivity contribution in [1.29, 1.82) is 0 Å². The molecule has 9 nitrogen and oxygen atoms in total. The van der Waals surface area contributed by atoms with Crippen LogP contribution in [0, 0.1) is 17.5 Å². The predicted molar refractivity (Wildman–Crippen MR) is 120 cm³/mol. The third kappa shape index (κ3) is 4.58. The highest BCUT2D eigenvalue weighted by atomic mass is 19.1. The first-order valence-corrected chi connectivity index (χ1v) is 11.4. The zero-order valence-electron chi connectivity index (χ0n) is 19.9. The van der Waals surface area contributed by atoms with Crippen LogP contribution in [0.3, 0.4) is 0 Å². The minimum absolute atomic E-state index is 0.182. The van der Waals surface area contributed by atoms with Crippen LogP contribution < -0.4 is 10.7 Å². The third-order valence-corrected chi connectivity index (χ3v) is 6.72. The molecule has 1 aromatic heterocycles. The molecule has 2 bridgehead atoms. The Kier molecular flexibility index (Phi) is 7.10. The van der Waals surface area contributed by atoms with Gasteiger partial charge in [-0.25, -0.2) is 13.2 Å². The van der Waals surface area contributed by atoms with Gasteiger partial charge in [0.15, 0.2) is 17.7 Å². The van der Waals surface area contributed by atoms with E-state index >= 15 is 0 Å². The number of nitrogens with zero attached hydrogens (tertiary/aromatic N) is 2. The Labute approximate surface area is 204 Å². The number of pyridine rings is 1. The van der Waals surface area contributed by atoms with Crippen LogP contribution in [-0.2, 0) is 16.0 Å². The summed E-state index contributed by atoms with van der Waals surface area (Å²) in [6, 6.07) is 0.203. The Bertz CT molecular complexity index is 1240. The number of amides is 2. The monoisotopic (exact) mass is 509 g/mol. The molecule has 36 heavy (non-hydrogen) atoms. The first kappa shape index (κ1) is 25.7. The summed E-state index contributed by atoms with van der Waals surface area (Å²) in [5.74, 6) is -6.03. The lowest BCUT2D eigenvalue weighted by atomic mass is 10.0. The second-order valence-electron chi connectivity index (χ2n) is 8.94. The Morgan fingerprint density at radius 2 is 1.89 bits per heavy atom. The highest BCUT2D eigenvalue weighted by Crippen LogP contribution is 2.36. The minimum Gasteiger partial charge on any atom is -0.503 e. The van der Waals surface area contributed by atoms with E-state index in [1.807, 2.05) is 6.92 Å². The SMILES string of the molecule is COC(C)OC1CCC(C)N2CC1n1cc(C(=O)NCc3c(F)cc(F)cc3F)c(=O)c(O)c1C2=O. The van der Waals surface area contributed by atoms with Gasteiger partial charge in [-0.2, -0.15) is 0 Å². The average Bonchev–Trinajstić information content (AvgIpc) is 2.96. The summed E-state index contributed by atoms with van der Waals surface area (Å²) >= 11 is 0. The number of halogens is 3. The molecule has 3 heterocycles. The molecule has 194 valence electrons. The van der Waals surface area contributed by atoms with Gasteiger partial charge in [-0.1, -0.05) is 0 Å². The highest BCUT2D eigenvalue weighted by Gasteiger charge is 2.43. The average molecular weight is 509 g/mol. The van der Waals surface area contributed by atoms with E-state index < -0.39 is 76.6 Å². The van der Waals surface area contributed by atoms with Crippen molar-refractivity contribution >= 4 is 11.8 Å². The summed E-state index contributed by atoms with van der Waals surface area (Å²) in [5, 5.41) is 12.9. The van der Waals surface area contributed by atoms with Crippen LogP contribution in [0.1, 0.15) is 59.1 Å². The van der Waals surface area contributed by atoms with E-state index in [0.717, 1.165) is 6.20 Å². The summed E-state index contributed by atoms with van der Waals surface area (Å²) in [6.07, 6.45) is 1.24. The summed E-state index contributed by atoms with van der Waals surface area (Å²) in [4.78, 5) is 40.4. The van der Waals surface area contributed by atoms with Gasteiger partial charge in [0.1, 0.15) is 23.0 Å². The lowest BCUT2D eigenvalue weighted by molar-refractivity contribution is -0.157. The van der Waals surface area contributed by atoms with Gasteiger partial charge < -0.3 is 29.4 Å². The Hall–Kier alpha value is -3.38. The summed E-state index contributed by atoms with van der Waals surface area (Å²) in [5.41, 5.74) is -2.51. The number of hydrogen-bond donors (Lipinski definition) is 2. The molecule has 0 aliphatic carbocycles. The van der Waals surface area contributed by atoms with Crippen molar-refractivity contribution in [2.75, 3.05) is 13.7 Å². The van der Waals surface area contributed by atoms with Crippen LogP contribution in [0.15, 0.2) is 23.1 Å². The van der Waals surface area contributed by atoms with Crippen LogP contribution in [0.4, 0.5) is 13.2 Å². The molecule has 2 aromatic rings. The number of hydrogen-bond acceptors (Lipinski definition) is 6. The first-order chi connectivity index (χ1) is 17.0. The van der Waals surface area contributed by atoms with Crippen molar-refractivity contribution in [3.8, 4) is 5.75 Å². The lowest BCUT2D eigenvalue weighted by Crippen LogP contribution is -2.49. The maximum Gasteiger partial charge on any atom is 0.274 e. The normalized spacial score (nSPS) is 22.1. The van der Waals surface area contributed by atoms with Gasteiger partial charge in [0.05, 0.1) is 12.1 Å². The fourth-order valence-electron chi connectivity index (χ4n) is 4.66. The molecule has 0 saturated carbocycles. The molecular formula is C24H26F3N3O6. The Morgan fingerprint density at radius 3 is 2.53 bits per heavy atom. The Morgan fingerprint density at radius 1 is 1.22 bits per heavy atom. The van der Waals surface area contributed by atoms with E-state index in [1.54, 1.807) is 11.8 Å². The number of methoxy groups -OCH3 is 1. The van der Waals surface area contributed by atoms with Crippen molar-refractivity contribution in [3.63, 3.8) is 0 Å². The molecular weight excluding hydrogens is 483 g/mol. The zero-order chi connectivity index (χ0) is 26.3. The van der Waals surface area contributed by atoms with Crippen LogP contribution in [0.25, 0.3) is 0 Å². The molecule has 0 spiro atoms. The van der Waals surface area contributed by atoms with Crippen LogP contribution >= 0.6 is 0 Å². The van der Waals surface area contributed by atoms with Crippen molar-refractivity contribution in [1.82, 2.24) is 14.8 Å². The van der Waals surface area contributed by atoms with E-state index in [-0.39, 0.29) is 18.3 Å². The maximum absolute atomic E-state index is 14.0. The molecule has 4 unspecified atom stereocenters. The lowest BCUT2D eigenvalue weighted by Gasteiger charge is -2.39. The fourth-order valence-corrected chi connectivity index (χ4v) is 4.66. The molecule has 12 heteroatoms. The standard InChI is InChI=1S/C24H26F3N3O6/c1-11-4-5-19(36-12(2)35-3)18-10-29(11)24(34)20-22(32)21(31)15(9-30(18)20)23(33)28-8-14-16(26)6-13(25)7-17(14)27/h6-7,9,11-12,18-19,32H,4-5,8,10H2,1-3H3,(H,28,33). The van der Waals surface area contributed by atoms with Crippen molar-refractivity contribution < 1.29 is 37.3 Å². The van der Waals surface area contributed by atoms with Gasteiger partial charge in [-0.3, -0.25) is 14.4 Å². The van der Waals surface area contributed by atoms with Gasteiger partial charge >= 0.3 is 0 Å². The van der Waals surface area contributed by atoms with E-state index in [1.165, 1.54) is 11.7 Å². The molecule has 0 radical (unpaired) electrons. The van der Waals surface area contributed by atoms with Gasteiger partial charge in [-0.15, -0.1) is 0 Å². The smallest absolute Gasteiger partial charge is 0.274 e. The minimum atomic E-state index is -1.21. The van der Waals surface area contributed by atoms with Crippen molar-refractivity contribution in [2.24, 2.45) is 0 Å². The quantitative estimate of drug-likeness (QED) is 0.579. The molecule has 2 N–H and O–H groups in total. The molecule has 2 aliphatic rings. The number of aromatic nitrogens is 1. The van der Waals surface area contributed by atoms with E-state index in [4.69, 9.17) is 9.47 Å². The molecule has 2 amide bonds. The van der Waals surface area contributed by atoms with Gasteiger partial charge in [0.25, 0.3) is 11.8 Å². The van der Waals surface area contributed by atoms with Gasteiger partial charge in [0, 0.05) is 50.1 Å². The summed E-state index contributed by atoms with van der Waals surface area (Å²) in [6.45, 7) is 3.10. The number of rotatable bonds is 6. The van der Waals surface area contributed by atoms with Gasteiger partial charge in [-0.05, 0) is 26.7 Å². The number of carbonyl (C=O) groups excluding carboxylic acids is 2. The maximum atomic E-state index is 14.0. The summed E-state index contributed by atoms with van der Waals surface area (Å²) < 4.78 is 53.7. The number of ether oxygens (including phenoxy) is 2. The molecule has 4 atom stereocenters. The largest absolute Gasteiger partial charge is 0.503 e. The molecule has 4 rings (SSSR count). The van der Waals surface area contributed by atoms with Crippen LogP contribution in [0.5, 0.6) is 5.75 Å². The zero-order valence-corrected chi connectivity index (χ0v) is 19.9. The highest BCUT2D eigenvalue weighted by molar-refractivity contribution is 5.99. The van der Waals surface area contributed by atoms with Crippen LogP contribution in [-0.4, -0.2) is 58.5 Å². The third-order valence-electron chi connectivity index (χ3n) is 6.72. The Balaban J connectivity index is 1.72. The van der Waals surface area contributed by atoms with Crippen molar-refractivity contribution in [2.45, 2.75) is 57.7 Å². The van der Waals surface area contributed by atoms with E-state index in [2.05, 4.69) is 5.32 Å². The number of nitrogens with one attached hydrogen (secondary N) is 1. The number of benzene rings is 1. The molecule has 1 aromatic carbocycles. The first-order valence-electron chi connectivity index (χ1n) is 11.4. The number of carbonyl (C=O) groups is 2. The predicted octanol–water partition coefficient (Wildman–Crippen LogP) is 2.46. The van der Waals surface area contributed by atoms with Crippen molar-refractivity contribution in [3.05, 3.63) is 62.8 Å². The number of aromatic hydroxyl groups is 1. The summed E-state index contributed by atoms with van der Waals surface area (Å²) in [7, 11) is 1.48. The molecule has 1 fully saturated rings. The second kappa shape index (κ2) is 9.94. The van der Waals surface area contributed by atoms with E-state index in [9.17, 15) is 32.7 Å². The topological polar surface area (TPSA) is 110 Å².